The molecule has 0 radical (unpaired) electrons. The largest absolute Gasteiger partial charge is 0.407 e. The summed E-state index contributed by atoms with van der Waals surface area (Å²) in [5.41, 5.74) is -0.385. The first kappa shape index (κ1) is 14.8. The van der Waals surface area contributed by atoms with Crippen LogP contribution in [0.4, 0.5) is 6.01 Å². The molecule has 0 aromatic carbocycles. The van der Waals surface area contributed by atoms with Crippen molar-refractivity contribution in [1.29, 1.82) is 0 Å². The molecule has 7 nitrogen and oxygen atoms in total. The number of nitrogens with one attached hydrogen (secondary N) is 2. The Morgan fingerprint density at radius 2 is 2.30 bits per heavy atom. The van der Waals surface area contributed by atoms with Crippen molar-refractivity contribution in [1.82, 2.24) is 20.8 Å². The molecular formula is C13H23N5O2. The van der Waals surface area contributed by atoms with Gasteiger partial charge in [0.15, 0.2) is 0 Å². The lowest BCUT2D eigenvalue weighted by Gasteiger charge is -2.21. The monoisotopic (exact) mass is 281 g/mol. The van der Waals surface area contributed by atoms with Gasteiger partial charge in [-0.25, -0.2) is 0 Å². The molecule has 1 amide bonds. The zero-order chi connectivity index (χ0) is 14.6. The first-order chi connectivity index (χ1) is 9.59. The van der Waals surface area contributed by atoms with Crippen LogP contribution in [0.15, 0.2) is 4.42 Å². The average molecular weight is 281 g/mol. The maximum atomic E-state index is 11.9. The minimum atomic E-state index is -0.385. The highest BCUT2D eigenvalue weighted by molar-refractivity contribution is 5.83. The fourth-order valence-electron chi connectivity index (χ4n) is 2.43. The Labute approximate surface area is 119 Å². The van der Waals surface area contributed by atoms with Crippen molar-refractivity contribution in [2.45, 2.75) is 33.2 Å². The van der Waals surface area contributed by atoms with Gasteiger partial charge in [-0.2, -0.15) is 0 Å². The second kappa shape index (κ2) is 6.21. The van der Waals surface area contributed by atoms with Crippen LogP contribution in [0.1, 0.15) is 32.6 Å². The predicted molar refractivity (Wildman–Crippen MR) is 75.3 cm³/mol. The van der Waals surface area contributed by atoms with Crippen molar-refractivity contribution in [3.05, 3.63) is 5.89 Å². The second-order valence-corrected chi connectivity index (χ2v) is 5.47. The number of carbonyl (C=O) groups excluding carboxylic acids is 1. The zero-order valence-corrected chi connectivity index (χ0v) is 12.4. The smallest absolute Gasteiger partial charge is 0.318 e. The quantitative estimate of drug-likeness (QED) is 0.740. The Morgan fingerprint density at radius 1 is 1.50 bits per heavy atom. The number of hydrogen-bond donors (Lipinski definition) is 2. The van der Waals surface area contributed by atoms with Crippen molar-refractivity contribution < 1.29 is 9.21 Å². The highest BCUT2D eigenvalue weighted by Gasteiger charge is 2.41. The molecule has 0 saturated carbocycles. The number of hydrogen-bond acceptors (Lipinski definition) is 6. The normalized spacial score (nSPS) is 22.2. The lowest BCUT2D eigenvalue weighted by molar-refractivity contribution is -0.128. The van der Waals surface area contributed by atoms with E-state index in [9.17, 15) is 4.79 Å². The minimum absolute atomic E-state index is 0.0596. The van der Waals surface area contributed by atoms with E-state index in [0.29, 0.717) is 25.0 Å². The third-order valence-electron chi connectivity index (χ3n) is 3.68. The van der Waals surface area contributed by atoms with E-state index in [-0.39, 0.29) is 11.3 Å². The van der Waals surface area contributed by atoms with E-state index < -0.39 is 0 Å². The molecule has 1 aromatic heterocycles. The summed E-state index contributed by atoms with van der Waals surface area (Å²) in [6.07, 6.45) is 1.86. The minimum Gasteiger partial charge on any atom is -0.407 e. The molecule has 0 bridgehead atoms. The molecule has 1 atom stereocenters. The van der Waals surface area contributed by atoms with Crippen LogP contribution in [0, 0.1) is 5.41 Å². The van der Waals surface area contributed by atoms with Crippen LogP contribution in [0.2, 0.25) is 0 Å². The first-order valence-corrected chi connectivity index (χ1v) is 7.09. The lowest BCUT2D eigenvalue weighted by Crippen LogP contribution is -2.39. The maximum Gasteiger partial charge on any atom is 0.318 e. The SMILES string of the molecule is CCCNCc1nnc(N2CCC(C)(C(=O)NC)C2)o1. The highest BCUT2D eigenvalue weighted by Crippen LogP contribution is 2.32. The van der Waals surface area contributed by atoms with Crippen molar-refractivity contribution in [2.75, 3.05) is 31.6 Å². The fraction of sp³-hybridized carbons (Fsp3) is 0.769. The summed E-state index contributed by atoms with van der Waals surface area (Å²) in [5.74, 6) is 0.645. The second-order valence-electron chi connectivity index (χ2n) is 5.47. The number of rotatable bonds is 6. The third kappa shape index (κ3) is 3.09. The number of anilines is 1. The van der Waals surface area contributed by atoms with Crippen molar-refractivity contribution in [2.24, 2.45) is 5.41 Å². The molecule has 20 heavy (non-hydrogen) atoms. The van der Waals surface area contributed by atoms with E-state index >= 15 is 0 Å². The molecule has 0 aliphatic carbocycles. The Morgan fingerprint density at radius 3 is 3.00 bits per heavy atom. The highest BCUT2D eigenvalue weighted by atomic mass is 16.4. The lowest BCUT2D eigenvalue weighted by atomic mass is 9.89. The summed E-state index contributed by atoms with van der Waals surface area (Å²) in [5, 5.41) is 14.0. The van der Waals surface area contributed by atoms with Crippen molar-refractivity contribution in [3.8, 4) is 0 Å². The Bertz CT molecular complexity index is 461. The van der Waals surface area contributed by atoms with Crippen LogP contribution >= 0.6 is 0 Å². The third-order valence-corrected chi connectivity index (χ3v) is 3.68. The number of aromatic nitrogens is 2. The Balaban J connectivity index is 1.95. The maximum absolute atomic E-state index is 11.9. The van der Waals surface area contributed by atoms with Crippen LogP contribution < -0.4 is 15.5 Å². The van der Waals surface area contributed by atoms with E-state index in [4.69, 9.17) is 4.42 Å². The molecule has 2 N–H and O–H groups in total. The molecule has 1 aliphatic heterocycles. The van der Waals surface area contributed by atoms with Gasteiger partial charge in [-0.3, -0.25) is 4.79 Å². The topological polar surface area (TPSA) is 83.3 Å². The summed E-state index contributed by atoms with van der Waals surface area (Å²) < 4.78 is 5.63. The molecule has 2 heterocycles. The van der Waals surface area contributed by atoms with E-state index in [1.807, 2.05) is 11.8 Å². The van der Waals surface area contributed by atoms with Gasteiger partial charge >= 0.3 is 6.01 Å². The van der Waals surface area contributed by atoms with Gasteiger partial charge in [-0.05, 0) is 26.3 Å². The van der Waals surface area contributed by atoms with Gasteiger partial charge in [0.25, 0.3) is 0 Å². The van der Waals surface area contributed by atoms with Gasteiger partial charge in [-0.1, -0.05) is 12.0 Å². The van der Waals surface area contributed by atoms with E-state index in [2.05, 4.69) is 27.8 Å². The first-order valence-electron chi connectivity index (χ1n) is 7.09. The molecule has 7 heteroatoms. The molecule has 1 fully saturated rings. The predicted octanol–water partition coefficient (Wildman–Crippen LogP) is 0.532. The molecule has 1 aromatic rings. The van der Waals surface area contributed by atoms with Gasteiger partial charge in [-0.15, -0.1) is 5.10 Å². The van der Waals surface area contributed by atoms with E-state index in [0.717, 1.165) is 25.9 Å². The van der Waals surface area contributed by atoms with Crippen LogP contribution in [0.25, 0.3) is 0 Å². The fourth-order valence-corrected chi connectivity index (χ4v) is 2.43. The van der Waals surface area contributed by atoms with Gasteiger partial charge in [0.1, 0.15) is 0 Å². The van der Waals surface area contributed by atoms with Crippen LogP contribution in [-0.2, 0) is 11.3 Å². The molecule has 1 saturated heterocycles. The van der Waals surface area contributed by atoms with E-state index in [1.54, 1.807) is 7.05 Å². The number of carbonyl (C=O) groups is 1. The summed E-state index contributed by atoms with van der Waals surface area (Å²) in [6.45, 7) is 6.95. The molecule has 0 spiro atoms. The Kier molecular flexibility index (Phi) is 4.59. The van der Waals surface area contributed by atoms with Crippen molar-refractivity contribution >= 4 is 11.9 Å². The standard InChI is InChI=1S/C13H23N5O2/c1-4-6-15-8-10-16-17-12(20-10)18-7-5-13(2,9-18)11(19)14-3/h15H,4-9H2,1-3H3,(H,14,19). The van der Waals surface area contributed by atoms with Gasteiger partial charge in [0.05, 0.1) is 12.0 Å². The van der Waals surface area contributed by atoms with Crippen LogP contribution in [0.5, 0.6) is 0 Å². The van der Waals surface area contributed by atoms with Crippen LogP contribution in [-0.4, -0.2) is 42.8 Å². The van der Waals surface area contributed by atoms with Crippen molar-refractivity contribution in [3.63, 3.8) is 0 Å². The average Bonchev–Trinajstić information content (AvgIpc) is 3.06. The molecular weight excluding hydrogens is 258 g/mol. The summed E-state index contributed by atoms with van der Waals surface area (Å²) in [7, 11) is 1.67. The zero-order valence-electron chi connectivity index (χ0n) is 12.4. The van der Waals surface area contributed by atoms with E-state index in [1.165, 1.54) is 0 Å². The molecule has 1 aliphatic rings. The summed E-state index contributed by atoms with van der Waals surface area (Å²) in [4.78, 5) is 13.9. The Hall–Kier alpha value is -1.63. The van der Waals surface area contributed by atoms with Crippen LogP contribution in [0.3, 0.4) is 0 Å². The van der Waals surface area contributed by atoms with Gasteiger partial charge in [0.2, 0.25) is 11.8 Å². The number of nitrogens with zero attached hydrogens (tertiary/aromatic N) is 3. The molecule has 112 valence electrons. The summed E-state index contributed by atoms with van der Waals surface area (Å²) >= 11 is 0. The summed E-state index contributed by atoms with van der Waals surface area (Å²) in [6, 6.07) is 0.505. The van der Waals surface area contributed by atoms with Gasteiger partial charge < -0.3 is 20.0 Å². The number of amides is 1. The van der Waals surface area contributed by atoms with Gasteiger partial charge in [0, 0.05) is 20.1 Å². The molecule has 1 unspecified atom stereocenters. The molecule has 2 rings (SSSR count).